The summed E-state index contributed by atoms with van der Waals surface area (Å²) in [5, 5.41) is 0. The summed E-state index contributed by atoms with van der Waals surface area (Å²) >= 11 is 0. The van der Waals surface area contributed by atoms with Crippen LogP contribution in [0.4, 0.5) is 25.1 Å². The lowest BCUT2D eigenvalue weighted by atomic mass is 9.98. The van der Waals surface area contributed by atoms with Gasteiger partial charge in [0.15, 0.2) is 0 Å². The Balaban J connectivity index is 2.19. The Labute approximate surface area is 120 Å². The summed E-state index contributed by atoms with van der Waals surface area (Å²) in [4.78, 5) is 13.3. The normalized spacial score (nSPS) is 19.9. The van der Waals surface area contributed by atoms with E-state index < -0.39 is 12.1 Å². The van der Waals surface area contributed by atoms with Gasteiger partial charge in [0.25, 0.3) is 0 Å². The van der Waals surface area contributed by atoms with Gasteiger partial charge in [0.05, 0.1) is 12.0 Å². The van der Waals surface area contributed by atoms with E-state index in [0.29, 0.717) is 13.0 Å². The van der Waals surface area contributed by atoms with E-state index in [9.17, 15) is 13.2 Å². The molecule has 118 valence electrons. The number of nitrogen functional groups attached to an aromatic ring is 1. The minimum Gasteiger partial charge on any atom is -0.461 e. The zero-order valence-electron chi connectivity index (χ0n) is 11.9. The number of aromatic nitrogens is 3. The second-order valence-electron chi connectivity index (χ2n) is 5.27. The molecule has 1 aliphatic rings. The van der Waals surface area contributed by atoms with E-state index in [1.54, 1.807) is 13.8 Å². The van der Waals surface area contributed by atoms with Gasteiger partial charge >= 0.3 is 12.2 Å². The van der Waals surface area contributed by atoms with Gasteiger partial charge in [-0.15, -0.1) is 0 Å². The summed E-state index contributed by atoms with van der Waals surface area (Å²) < 4.78 is 43.8. The minimum atomic E-state index is -4.21. The largest absolute Gasteiger partial charge is 0.461 e. The van der Waals surface area contributed by atoms with Gasteiger partial charge in [0, 0.05) is 13.1 Å². The Morgan fingerprint density at radius 2 is 2.00 bits per heavy atom. The lowest BCUT2D eigenvalue weighted by molar-refractivity contribution is -0.176. The summed E-state index contributed by atoms with van der Waals surface area (Å²) in [7, 11) is 0. The van der Waals surface area contributed by atoms with Crippen LogP contribution in [-0.2, 0) is 0 Å². The Morgan fingerprint density at radius 3 is 2.62 bits per heavy atom. The van der Waals surface area contributed by atoms with Crippen LogP contribution in [0.1, 0.15) is 26.7 Å². The highest BCUT2D eigenvalue weighted by Gasteiger charge is 2.42. The fourth-order valence-corrected chi connectivity index (χ4v) is 2.19. The van der Waals surface area contributed by atoms with Gasteiger partial charge in [-0.2, -0.15) is 28.1 Å². The third-order valence-electron chi connectivity index (χ3n) is 3.13. The fourth-order valence-electron chi connectivity index (χ4n) is 2.19. The molecule has 6 nitrogen and oxygen atoms in total. The summed E-state index contributed by atoms with van der Waals surface area (Å²) in [5.41, 5.74) is 5.57. The maximum absolute atomic E-state index is 12.8. The predicted octanol–water partition coefficient (Wildman–Crippen LogP) is 2.02. The molecule has 0 saturated carbocycles. The van der Waals surface area contributed by atoms with Crippen LogP contribution in [0.5, 0.6) is 6.01 Å². The first-order chi connectivity index (χ1) is 9.75. The molecule has 0 aliphatic carbocycles. The Hall–Kier alpha value is -1.80. The second kappa shape index (κ2) is 5.90. The van der Waals surface area contributed by atoms with Crippen molar-refractivity contribution in [3.63, 3.8) is 0 Å². The molecule has 1 atom stereocenters. The van der Waals surface area contributed by atoms with Crippen molar-refractivity contribution in [1.82, 2.24) is 15.0 Å². The van der Waals surface area contributed by atoms with Crippen LogP contribution in [0.2, 0.25) is 0 Å². The van der Waals surface area contributed by atoms with Crippen molar-refractivity contribution in [1.29, 1.82) is 0 Å². The van der Waals surface area contributed by atoms with Crippen molar-refractivity contribution in [3.8, 4) is 6.01 Å². The highest BCUT2D eigenvalue weighted by molar-refractivity contribution is 5.36. The molecule has 0 aromatic carbocycles. The molecule has 1 unspecified atom stereocenters. The zero-order chi connectivity index (χ0) is 15.6. The highest BCUT2D eigenvalue weighted by Crippen LogP contribution is 2.34. The average molecular weight is 305 g/mol. The van der Waals surface area contributed by atoms with Crippen LogP contribution >= 0.6 is 0 Å². The molecule has 0 amide bonds. The first-order valence-electron chi connectivity index (χ1n) is 6.75. The van der Waals surface area contributed by atoms with Gasteiger partial charge in [-0.25, -0.2) is 0 Å². The first-order valence-corrected chi connectivity index (χ1v) is 6.75. The molecule has 1 aliphatic heterocycles. The van der Waals surface area contributed by atoms with E-state index in [2.05, 4.69) is 15.0 Å². The minimum absolute atomic E-state index is 0.0293. The molecule has 9 heteroatoms. The molecular weight excluding hydrogens is 287 g/mol. The van der Waals surface area contributed by atoms with Crippen molar-refractivity contribution >= 4 is 11.9 Å². The van der Waals surface area contributed by atoms with E-state index in [0.717, 1.165) is 0 Å². The first kappa shape index (κ1) is 15.6. The molecule has 1 aromatic rings. The number of hydrogen-bond donors (Lipinski definition) is 1. The quantitative estimate of drug-likeness (QED) is 0.920. The van der Waals surface area contributed by atoms with Crippen molar-refractivity contribution in [2.75, 3.05) is 23.7 Å². The maximum atomic E-state index is 12.8. The number of rotatable bonds is 3. The van der Waals surface area contributed by atoms with Crippen LogP contribution < -0.4 is 15.4 Å². The van der Waals surface area contributed by atoms with Gasteiger partial charge in [-0.1, -0.05) is 0 Å². The number of hydrogen-bond acceptors (Lipinski definition) is 6. The summed E-state index contributed by atoms with van der Waals surface area (Å²) in [6, 6.07) is 0.0293. The number of anilines is 2. The molecule has 2 rings (SSSR count). The molecule has 1 aromatic heterocycles. The standard InChI is InChI=1S/C12H18F3N5O/c1-7(2)21-11-18-9(16)17-10(19-11)20-5-3-4-8(6-20)12(13,14)15/h7-8H,3-6H2,1-2H3,(H2,16,17,18,19). The second-order valence-corrected chi connectivity index (χ2v) is 5.27. The monoisotopic (exact) mass is 305 g/mol. The molecule has 2 heterocycles. The van der Waals surface area contributed by atoms with Gasteiger partial charge in [0.2, 0.25) is 11.9 Å². The SMILES string of the molecule is CC(C)Oc1nc(N)nc(N2CCCC(C(F)(F)F)C2)n1. The molecule has 0 radical (unpaired) electrons. The number of halogens is 3. The van der Waals surface area contributed by atoms with Crippen LogP contribution in [-0.4, -0.2) is 40.3 Å². The van der Waals surface area contributed by atoms with Crippen LogP contribution in [0.15, 0.2) is 0 Å². The topological polar surface area (TPSA) is 77.2 Å². The third kappa shape index (κ3) is 4.08. The van der Waals surface area contributed by atoms with E-state index in [-0.39, 0.29) is 37.0 Å². The number of piperidine rings is 1. The predicted molar refractivity (Wildman–Crippen MR) is 71.0 cm³/mol. The summed E-state index contributed by atoms with van der Waals surface area (Å²) in [6.07, 6.45) is -3.83. The molecule has 0 spiro atoms. The number of nitrogens with two attached hydrogens (primary N) is 1. The van der Waals surface area contributed by atoms with Gasteiger partial charge in [-0.05, 0) is 26.7 Å². The Kier molecular flexibility index (Phi) is 4.38. The van der Waals surface area contributed by atoms with E-state index in [4.69, 9.17) is 10.5 Å². The van der Waals surface area contributed by atoms with Crippen molar-refractivity contribution in [2.45, 2.75) is 39.0 Å². The van der Waals surface area contributed by atoms with Gasteiger partial charge in [-0.3, -0.25) is 0 Å². The summed E-state index contributed by atoms with van der Waals surface area (Å²) in [5.74, 6) is -1.31. The van der Waals surface area contributed by atoms with Crippen molar-refractivity contribution in [3.05, 3.63) is 0 Å². The Morgan fingerprint density at radius 1 is 1.29 bits per heavy atom. The van der Waals surface area contributed by atoms with Crippen LogP contribution in [0, 0.1) is 5.92 Å². The van der Waals surface area contributed by atoms with E-state index in [1.165, 1.54) is 4.90 Å². The number of nitrogens with zero attached hydrogens (tertiary/aromatic N) is 4. The average Bonchev–Trinajstić information content (AvgIpc) is 2.36. The van der Waals surface area contributed by atoms with Gasteiger partial charge < -0.3 is 15.4 Å². The number of alkyl halides is 3. The molecule has 1 fully saturated rings. The van der Waals surface area contributed by atoms with Gasteiger partial charge in [0.1, 0.15) is 0 Å². The highest BCUT2D eigenvalue weighted by atomic mass is 19.4. The molecule has 21 heavy (non-hydrogen) atoms. The Bertz CT molecular complexity index is 494. The third-order valence-corrected chi connectivity index (χ3v) is 3.13. The van der Waals surface area contributed by atoms with E-state index in [1.807, 2.05) is 0 Å². The van der Waals surface area contributed by atoms with E-state index >= 15 is 0 Å². The molecule has 2 N–H and O–H groups in total. The van der Waals surface area contributed by atoms with Crippen LogP contribution in [0.25, 0.3) is 0 Å². The smallest absolute Gasteiger partial charge is 0.393 e. The lowest BCUT2D eigenvalue weighted by Gasteiger charge is -2.33. The molecular formula is C12H18F3N5O. The molecule has 1 saturated heterocycles. The van der Waals surface area contributed by atoms with Crippen molar-refractivity contribution < 1.29 is 17.9 Å². The van der Waals surface area contributed by atoms with Crippen molar-refractivity contribution in [2.24, 2.45) is 5.92 Å². The zero-order valence-corrected chi connectivity index (χ0v) is 11.9. The number of ether oxygens (including phenoxy) is 1. The summed E-state index contributed by atoms with van der Waals surface area (Å²) in [6.45, 7) is 3.87. The van der Waals surface area contributed by atoms with Crippen LogP contribution in [0.3, 0.4) is 0 Å². The fraction of sp³-hybridized carbons (Fsp3) is 0.750. The maximum Gasteiger partial charge on any atom is 0.393 e. The molecule has 0 bridgehead atoms. The lowest BCUT2D eigenvalue weighted by Crippen LogP contribution is -2.42.